The van der Waals surface area contributed by atoms with Crippen molar-refractivity contribution >= 4 is 39.3 Å². The zero-order valence-corrected chi connectivity index (χ0v) is 12.1. The molecule has 0 aliphatic rings. The summed E-state index contributed by atoms with van der Waals surface area (Å²) in [7, 11) is 0. The number of benzene rings is 1. The minimum atomic E-state index is -0.283. The van der Waals surface area contributed by atoms with Gasteiger partial charge in [-0.3, -0.25) is 4.79 Å². The molecule has 0 fully saturated rings. The van der Waals surface area contributed by atoms with Gasteiger partial charge in [-0.2, -0.15) is 0 Å². The molecule has 1 N–H and O–H groups in total. The molecule has 0 saturated heterocycles. The van der Waals surface area contributed by atoms with Gasteiger partial charge in [-0.1, -0.05) is 11.6 Å². The average Bonchev–Trinajstić information content (AvgIpc) is 2.41. The minimum Gasteiger partial charge on any atom is -0.484 e. The van der Waals surface area contributed by atoms with Crippen LogP contribution in [0.5, 0.6) is 5.75 Å². The highest BCUT2D eigenvalue weighted by Gasteiger charge is 2.07. The minimum absolute atomic E-state index is 0.0926. The molecule has 98 valence electrons. The number of anilines is 1. The van der Waals surface area contributed by atoms with E-state index in [1.165, 1.54) is 0 Å². The largest absolute Gasteiger partial charge is 0.484 e. The fraction of sp³-hybridized carbons (Fsp3) is 0.0769. The van der Waals surface area contributed by atoms with Crippen LogP contribution in [0.2, 0.25) is 5.02 Å². The number of hydrogen-bond acceptors (Lipinski definition) is 3. The molecule has 0 aliphatic heterocycles. The van der Waals surface area contributed by atoms with Crippen LogP contribution >= 0.6 is 27.5 Å². The summed E-state index contributed by atoms with van der Waals surface area (Å²) in [5.74, 6) is 0.765. The van der Waals surface area contributed by atoms with Gasteiger partial charge in [0.25, 0.3) is 5.91 Å². The van der Waals surface area contributed by atoms with Crippen LogP contribution in [0.15, 0.2) is 47.1 Å². The summed E-state index contributed by atoms with van der Waals surface area (Å²) in [4.78, 5) is 15.7. The quantitative estimate of drug-likeness (QED) is 0.926. The monoisotopic (exact) mass is 340 g/mol. The van der Waals surface area contributed by atoms with Gasteiger partial charge in [0.05, 0.1) is 4.47 Å². The van der Waals surface area contributed by atoms with E-state index in [2.05, 4.69) is 26.2 Å². The normalized spacial score (nSPS) is 10.0. The maximum absolute atomic E-state index is 11.7. The third kappa shape index (κ3) is 4.22. The van der Waals surface area contributed by atoms with E-state index in [9.17, 15) is 4.79 Å². The number of pyridine rings is 1. The summed E-state index contributed by atoms with van der Waals surface area (Å²) in [6.07, 6.45) is 1.60. The summed E-state index contributed by atoms with van der Waals surface area (Å²) in [5.41, 5.74) is 0. The first kappa shape index (κ1) is 13.8. The molecule has 6 heteroatoms. The second-order valence-electron chi connectivity index (χ2n) is 3.62. The number of ether oxygens (including phenoxy) is 1. The predicted molar refractivity (Wildman–Crippen MR) is 77.5 cm³/mol. The zero-order chi connectivity index (χ0) is 13.7. The number of halogens is 2. The van der Waals surface area contributed by atoms with Crippen LogP contribution in [-0.2, 0) is 4.79 Å². The Kier molecular flexibility index (Phi) is 4.76. The number of carbonyl (C=O) groups is 1. The lowest BCUT2D eigenvalue weighted by Crippen LogP contribution is -2.20. The van der Waals surface area contributed by atoms with Gasteiger partial charge in [0, 0.05) is 11.2 Å². The van der Waals surface area contributed by atoms with Crippen molar-refractivity contribution in [3.63, 3.8) is 0 Å². The lowest BCUT2D eigenvalue weighted by atomic mass is 10.3. The molecule has 2 rings (SSSR count). The van der Waals surface area contributed by atoms with Crippen LogP contribution in [0.25, 0.3) is 0 Å². The Labute approximate surface area is 123 Å². The highest BCUT2D eigenvalue weighted by Crippen LogP contribution is 2.18. The van der Waals surface area contributed by atoms with Crippen molar-refractivity contribution in [1.29, 1.82) is 0 Å². The molecule has 0 atom stereocenters. The maximum Gasteiger partial charge on any atom is 0.263 e. The van der Waals surface area contributed by atoms with Crippen LogP contribution in [0, 0.1) is 0 Å². The summed E-state index contributed by atoms with van der Waals surface area (Å²) < 4.78 is 6.04. The van der Waals surface area contributed by atoms with E-state index in [1.807, 2.05) is 0 Å². The fourth-order valence-electron chi connectivity index (χ4n) is 1.33. The Hall–Kier alpha value is -1.59. The van der Waals surface area contributed by atoms with Gasteiger partial charge in [0.1, 0.15) is 11.6 Å². The molecule has 2 aromatic rings. The van der Waals surface area contributed by atoms with Crippen molar-refractivity contribution in [2.45, 2.75) is 0 Å². The van der Waals surface area contributed by atoms with Crippen molar-refractivity contribution in [1.82, 2.24) is 4.98 Å². The van der Waals surface area contributed by atoms with E-state index in [-0.39, 0.29) is 12.5 Å². The number of amides is 1. The molecule has 0 unspecified atom stereocenters. The molecule has 0 aliphatic carbocycles. The number of nitrogens with zero attached hydrogens (tertiary/aromatic N) is 1. The SMILES string of the molecule is O=C(COc1ccc(Cl)cc1)Nc1ncccc1Br. The second-order valence-corrected chi connectivity index (χ2v) is 4.92. The van der Waals surface area contributed by atoms with Crippen LogP contribution in [0.1, 0.15) is 0 Å². The summed E-state index contributed by atoms with van der Waals surface area (Å²) in [6, 6.07) is 10.4. The van der Waals surface area contributed by atoms with E-state index in [0.717, 1.165) is 4.47 Å². The molecule has 0 radical (unpaired) electrons. The van der Waals surface area contributed by atoms with Gasteiger partial charge in [-0.25, -0.2) is 4.98 Å². The molecule has 1 aromatic heterocycles. The van der Waals surface area contributed by atoms with Gasteiger partial charge >= 0.3 is 0 Å². The molecule has 0 bridgehead atoms. The van der Waals surface area contributed by atoms with Crippen molar-refractivity contribution in [2.75, 3.05) is 11.9 Å². The third-order valence-corrected chi connectivity index (χ3v) is 3.09. The Bertz CT molecular complexity index is 575. The molecular formula is C13H10BrClN2O2. The van der Waals surface area contributed by atoms with Gasteiger partial charge in [0.15, 0.2) is 6.61 Å². The van der Waals surface area contributed by atoms with Crippen LogP contribution in [0.3, 0.4) is 0 Å². The molecule has 19 heavy (non-hydrogen) atoms. The second kappa shape index (κ2) is 6.54. The van der Waals surface area contributed by atoms with Crippen molar-refractivity contribution in [3.8, 4) is 5.75 Å². The van der Waals surface area contributed by atoms with E-state index in [4.69, 9.17) is 16.3 Å². The van der Waals surface area contributed by atoms with Crippen LogP contribution in [-0.4, -0.2) is 17.5 Å². The Morgan fingerprint density at radius 2 is 2.05 bits per heavy atom. The lowest BCUT2D eigenvalue weighted by molar-refractivity contribution is -0.118. The van der Waals surface area contributed by atoms with Gasteiger partial charge in [0.2, 0.25) is 0 Å². The molecule has 0 spiro atoms. The van der Waals surface area contributed by atoms with Crippen LogP contribution in [0.4, 0.5) is 5.82 Å². The van der Waals surface area contributed by atoms with E-state index in [0.29, 0.717) is 16.6 Å². The van der Waals surface area contributed by atoms with Gasteiger partial charge < -0.3 is 10.1 Å². The van der Waals surface area contributed by atoms with E-state index < -0.39 is 0 Å². The summed E-state index contributed by atoms with van der Waals surface area (Å²) in [5, 5.41) is 3.26. The lowest BCUT2D eigenvalue weighted by Gasteiger charge is -2.07. The van der Waals surface area contributed by atoms with Gasteiger partial charge in [-0.15, -0.1) is 0 Å². The maximum atomic E-state index is 11.7. The fourth-order valence-corrected chi connectivity index (χ4v) is 1.81. The zero-order valence-electron chi connectivity index (χ0n) is 9.77. The number of hydrogen-bond donors (Lipinski definition) is 1. The first-order chi connectivity index (χ1) is 9.15. The van der Waals surface area contributed by atoms with Crippen molar-refractivity contribution in [2.24, 2.45) is 0 Å². The molecule has 0 saturated carbocycles. The average molecular weight is 342 g/mol. The summed E-state index contributed by atoms with van der Waals surface area (Å²) >= 11 is 9.05. The summed E-state index contributed by atoms with van der Waals surface area (Å²) in [6.45, 7) is -0.0926. The van der Waals surface area contributed by atoms with Gasteiger partial charge in [-0.05, 0) is 52.3 Å². The van der Waals surface area contributed by atoms with Crippen molar-refractivity contribution in [3.05, 3.63) is 52.1 Å². The number of nitrogens with one attached hydrogen (secondary N) is 1. The predicted octanol–water partition coefficient (Wildman–Crippen LogP) is 3.52. The first-order valence-corrected chi connectivity index (χ1v) is 6.61. The number of carbonyl (C=O) groups excluding carboxylic acids is 1. The number of rotatable bonds is 4. The number of aromatic nitrogens is 1. The van der Waals surface area contributed by atoms with E-state index >= 15 is 0 Å². The highest BCUT2D eigenvalue weighted by atomic mass is 79.9. The highest BCUT2D eigenvalue weighted by molar-refractivity contribution is 9.10. The third-order valence-electron chi connectivity index (χ3n) is 2.20. The molecular weight excluding hydrogens is 332 g/mol. The Balaban J connectivity index is 1.88. The smallest absolute Gasteiger partial charge is 0.263 e. The Morgan fingerprint density at radius 3 is 2.74 bits per heavy atom. The molecule has 1 amide bonds. The Morgan fingerprint density at radius 1 is 1.32 bits per heavy atom. The standard InChI is InChI=1S/C13H10BrClN2O2/c14-11-2-1-7-16-13(11)17-12(18)8-19-10-5-3-9(15)4-6-10/h1-7H,8H2,(H,16,17,18). The van der Waals surface area contributed by atoms with E-state index in [1.54, 1.807) is 42.6 Å². The van der Waals surface area contributed by atoms with Crippen molar-refractivity contribution < 1.29 is 9.53 Å². The molecule has 1 aromatic carbocycles. The van der Waals surface area contributed by atoms with Crippen LogP contribution < -0.4 is 10.1 Å². The topological polar surface area (TPSA) is 51.2 Å². The molecule has 4 nitrogen and oxygen atoms in total. The molecule has 1 heterocycles. The first-order valence-electron chi connectivity index (χ1n) is 5.44.